The number of benzene rings is 1. The van der Waals surface area contributed by atoms with Gasteiger partial charge in [0.15, 0.2) is 5.78 Å². The molecule has 0 atom stereocenters. The van der Waals surface area contributed by atoms with Crippen LogP contribution in [0.3, 0.4) is 0 Å². The van der Waals surface area contributed by atoms with E-state index < -0.39 is 0 Å². The summed E-state index contributed by atoms with van der Waals surface area (Å²) in [6, 6.07) is 8.49. The molecular weight excluding hydrogens is 427 g/mol. The van der Waals surface area contributed by atoms with Gasteiger partial charge in [-0.05, 0) is 60.8 Å². The van der Waals surface area contributed by atoms with Gasteiger partial charge in [0.05, 0.1) is 11.9 Å². The molecule has 170 valence electrons. The number of aromatic nitrogens is 3. The van der Waals surface area contributed by atoms with Gasteiger partial charge < -0.3 is 5.32 Å². The fourth-order valence-corrected chi connectivity index (χ4v) is 4.24. The molecule has 1 aromatic carbocycles. The summed E-state index contributed by atoms with van der Waals surface area (Å²) in [5, 5.41) is 7.67. The zero-order chi connectivity index (χ0) is 23.5. The summed E-state index contributed by atoms with van der Waals surface area (Å²) in [7, 11) is 1.87. The molecular formula is C28H25FN4O. The number of aryl methyl sites for hydroxylation is 1. The summed E-state index contributed by atoms with van der Waals surface area (Å²) in [6.45, 7) is 0.724. The molecule has 0 bridgehead atoms. The minimum absolute atomic E-state index is 0.0149. The van der Waals surface area contributed by atoms with E-state index in [0.29, 0.717) is 24.1 Å². The van der Waals surface area contributed by atoms with Crippen molar-refractivity contribution >= 4 is 11.9 Å². The highest BCUT2D eigenvalue weighted by molar-refractivity contribution is 6.12. The molecule has 0 spiro atoms. The number of carbonyl (C=O) groups is 1. The Kier molecular flexibility index (Phi) is 6.04. The van der Waals surface area contributed by atoms with Gasteiger partial charge in [0.1, 0.15) is 5.82 Å². The second kappa shape index (κ2) is 9.43. The zero-order valence-electron chi connectivity index (χ0n) is 19.0. The molecule has 0 fully saturated rings. The number of Topliss-reactive ketones (excluding diaryl/α,β-unsaturated/α-hetero) is 1. The Hall–Kier alpha value is -4.06. The molecule has 0 amide bonds. The van der Waals surface area contributed by atoms with Crippen molar-refractivity contribution in [3.63, 3.8) is 0 Å². The molecule has 2 aromatic heterocycles. The molecule has 1 N–H and O–H groups in total. The Morgan fingerprint density at radius 2 is 1.91 bits per heavy atom. The maximum absolute atomic E-state index is 13.6. The maximum Gasteiger partial charge on any atom is 0.191 e. The van der Waals surface area contributed by atoms with Gasteiger partial charge in [-0.25, -0.2) is 4.39 Å². The third-order valence-electron chi connectivity index (χ3n) is 6.12. The van der Waals surface area contributed by atoms with Crippen LogP contribution in [0.5, 0.6) is 0 Å². The second-order valence-electron chi connectivity index (χ2n) is 8.50. The van der Waals surface area contributed by atoms with Crippen molar-refractivity contribution in [2.75, 3.05) is 6.54 Å². The number of nitrogens with one attached hydrogen (secondary N) is 1. The van der Waals surface area contributed by atoms with Crippen LogP contribution in [0.1, 0.15) is 34.5 Å². The number of ketones is 1. The van der Waals surface area contributed by atoms with Crippen LogP contribution in [0.15, 0.2) is 90.1 Å². The molecule has 0 saturated heterocycles. The molecule has 6 heteroatoms. The summed E-state index contributed by atoms with van der Waals surface area (Å²) >= 11 is 0. The van der Waals surface area contributed by atoms with Crippen LogP contribution >= 0.6 is 0 Å². The first-order chi connectivity index (χ1) is 16.6. The van der Waals surface area contributed by atoms with Gasteiger partial charge in [-0.1, -0.05) is 30.4 Å². The van der Waals surface area contributed by atoms with E-state index in [1.165, 1.54) is 12.1 Å². The lowest BCUT2D eigenvalue weighted by molar-refractivity contribution is 0.103. The fraction of sp³-hybridized carbons (Fsp3) is 0.179. The van der Waals surface area contributed by atoms with Crippen molar-refractivity contribution in [3.05, 3.63) is 113 Å². The Balaban J connectivity index is 1.34. The average Bonchev–Trinajstić information content (AvgIpc) is 3.17. The third kappa shape index (κ3) is 4.66. The van der Waals surface area contributed by atoms with E-state index in [1.807, 2.05) is 37.5 Å². The topological polar surface area (TPSA) is 59.8 Å². The number of rotatable bonds is 5. The Bertz CT molecular complexity index is 1360. The number of hydrogen-bond acceptors (Lipinski definition) is 4. The number of fused-ring (bicyclic) bond motifs is 1. The SMILES string of the molecule is Cn1cc(-c2cnc3c(c2)C(=O)C2=C(C=CC(NCCc4ccc(F)cc4)=CC2)C/C=C\3)cn1. The van der Waals surface area contributed by atoms with Gasteiger partial charge in [0.25, 0.3) is 0 Å². The normalized spacial score (nSPS) is 16.2. The smallest absolute Gasteiger partial charge is 0.191 e. The first-order valence-electron chi connectivity index (χ1n) is 11.4. The van der Waals surface area contributed by atoms with Crippen LogP contribution in [0, 0.1) is 5.82 Å². The van der Waals surface area contributed by atoms with E-state index in [1.54, 1.807) is 29.2 Å². The highest BCUT2D eigenvalue weighted by Gasteiger charge is 2.22. The van der Waals surface area contributed by atoms with Gasteiger partial charge in [-0.15, -0.1) is 0 Å². The molecule has 0 saturated carbocycles. The molecule has 5 rings (SSSR count). The molecule has 0 aliphatic heterocycles. The largest absolute Gasteiger partial charge is 0.385 e. The van der Waals surface area contributed by atoms with Gasteiger partial charge in [0, 0.05) is 53.9 Å². The van der Waals surface area contributed by atoms with E-state index in [4.69, 9.17) is 0 Å². The lowest BCUT2D eigenvalue weighted by atomic mass is 9.90. The number of carbonyl (C=O) groups excluding carboxylic acids is 1. The molecule has 3 aromatic rings. The van der Waals surface area contributed by atoms with Gasteiger partial charge in [0.2, 0.25) is 0 Å². The Morgan fingerprint density at radius 3 is 2.71 bits per heavy atom. The quantitative estimate of drug-likeness (QED) is 0.579. The third-order valence-corrected chi connectivity index (χ3v) is 6.12. The first-order valence-corrected chi connectivity index (χ1v) is 11.4. The second-order valence-corrected chi connectivity index (χ2v) is 8.50. The molecule has 2 heterocycles. The minimum Gasteiger partial charge on any atom is -0.385 e. The van der Waals surface area contributed by atoms with Crippen LogP contribution in [0.25, 0.3) is 17.2 Å². The van der Waals surface area contributed by atoms with Crippen LogP contribution in [-0.4, -0.2) is 27.1 Å². The molecule has 0 radical (unpaired) electrons. The zero-order valence-corrected chi connectivity index (χ0v) is 19.0. The first kappa shape index (κ1) is 21.8. The summed E-state index contributed by atoms with van der Waals surface area (Å²) in [5.74, 6) is -0.210. The fourth-order valence-electron chi connectivity index (χ4n) is 4.24. The van der Waals surface area contributed by atoms with Crippen molar-refractivity contribution in [2.45, 2.75) is 19.3 Å². The highest BCUT2D eigenvalue weighted by atomic mass is 19.1. The van der Waals surface area contributed by atoms with Crippen molar-refractivity contribution in [1.29, 1.82) is 0 Å². The number of nitrogens with zero attached hydrogens (tertiary/aromatic N) is 3. The standard InChI is InChI=1S/C28H25FN4O/c1-33-18-22(17-32-33)21-15-26-27(31-16-21)4-2-3-20-7-10-24(11-12-25(20)28(26)34)30-14-13-19-5-8-23(29)9-6-19/h2,4-11,15-18,30H,3,12-14H2,1H3/b4-2-. The number of pyridine rings is 1. The van der Waals surface area contributed by atoms with E-state index in [-0.39, 0.29) is 11.6 Å². The summed E-state index contributed by atoms with van der Waals surface area (Å²) in [6.07, 6.45) is 17.6. The van der Waals surface area contributed by atoms with Crippen LogP contribution < -0.4 is 5.32 Å². The number of hydrogen-bond donors (Lipinski definition) is 1. The van der Waals surface area contributed by atoms with E-state index >= 15 is 0 Å². The average molecular weight is 453 g/mol. The molecule has 5 nitrogen and oxygen atoms in total. The molecule has 2 aliphatic carbocycles. The predicted octanol–water partition coefficient (Wildman–Crippen LogP) is 5.19. The lowest BCUT2D eigenvalue weighted by Crippen LogP contribution is -2.15. The van der Waals surface area contributed by atoms with Crippen LogP contribution in [0.4, 0.5) is 4.39 Å². The van der Waals surface area contributed by atoms with Gasteiger partial charge in [-0.3, -0.25) is 14.5 Å². The van der Waals surface area contributed by atoms with Gasteiger partial charge in [-0.2, -0.15) is 5.10 Å². The minimum atomic E-state index is -0.224. The summed E-state index contributed by atoms with van der Waals surface area (Å²) in [5.41, 5.74) is 6.98. The van der Waals surface area contributed by atoms with Crippen LogP contribution in [0.2, 0.25) is 0 Å². The van der Waals surface area contributed by atoms with Crippen molar-refractivity contribution in [1.82, 2.24) is 20.1 Å². The Labute approximate surface area is 198 Å². The summed E-state index contributed by atoms with van der Waals surface area (Å²) in [4.78, 5) is 18.2. The summed E-state index contributed by atoms with van der Waals surface area (Å²) < 4.78 is 14.8. The van der Waals surface area contributed by atoms with Gasteiger partial charge >= 0.3 is 0 Å². The maximum atomic E-state index is 13.6. The highest BCUT2D eigenvalue weighted by Crippen LogP contribution is 2.30. The number of allylic oxidation sites excluding steroid dienone is 6. The molecule has 34 heavy (non-hydrogen) atoms. The predicted molar refractivity (Wildman–Crippen MR) is 131 cm³/mol. The monoisotopic (exact) mass is 452 g/mol. The van der Waals surface area contributed by atoms with Crippen molar-refractivity contribution in [3.8, 4) is 11.1 Å². The number of halogens is 1. The van der Waals surface area contributed by atoms with E-state index in [9.17, 15) is 9.18 Å². The lowest BCUT2D eigenvalue weighted by Gasteiger charge is -2.14. The van der Waals surface area contributed by atoms with Crippen LogP contribution in [-0.2, 0) is 13.5 Å². The van der Waals surface area contributed by atoms with E-state index in [0.717, 1.165) is 46.5 Å². The Morgan fingerprint density at radius 1 is 1.06 bits per heavy atom. The molecule has 2 aliphatic rings. The van der Waals surface area contributed by atoms with Crippen molar-refractivity contribution < 1.29 is 9.18 Å². The van der Waals surface area contributed by atoms with E-state index in [2.05, 4.69) is 27.6 Å². The van der Waals surface area contributed by atoms with Crippen molar-refractivity contribution in [2.24, 2.45) is 7.05 Å². The molecule has 0 unspecified atom stereocenters.